The van der Waals surface area contributed by atoms with Crippen molar-refractivity contribution >= 4 is 33.0 Å². The van der Waals surface area contributed by atoms with Crippen LogP contribution in [0, 0.1) is 6.92 Å². The van der Waals surface area contributed by atoms with Gasteiger partial charge < -0.3 is 10.2 Å². The molecule has 0 unspecified atom stereocenters. The topological polar surface area (TPSA) is 71.6 Å². The molecule has 7 nitrogen and oxygen atoms in total. The van der Waals surface area contributed by atoms with E-state index in [0.29, 0.717) is 17.9 Å². The van der Waals surface area contributed by atoms with Gasteiger partial charge in [-0.05, 0) is 50.0 Å². The zero-order chi connectivity index (χ0) is 21.1. The van der Waals surface area contributed by atoms with E-state index < -0.39 is 0 Å². The predicted molar refractivity (Wildman–Crippen MR) is 120 cm³/mol. The average molecular weight is 424 g/mol. The molecule has 0 fully saturated rings. The summed E-state index contributed by atoms with van der Waals surface area (Å²) in [6, 6.07) is 14.1. The van der Waals surface area contributed by atoms with Gasteiger partial charge in [0.05, 0.1) is 10.2 Å². The van der Waals surface area contributed by atoms with E-state index in [4.69, 9.17) is 0 Å². The van der Waals surface area contributed by atoms with Crippen molar-refractivity contribution in [2.24, 2.45) is 0 Å². The largest absolute Gasteiger partial charge is 0.354 e. The van der Waals surface area contributed by atoms with Crippen LogP contribution in [0.2, 0.25) is 0 Å². The molecule has 4 rings (SSSR count). The first-order chi connectivity index (χ1) is 14.5. The van der Waals surface area contributed by atoms with E-state index in [-0.39, 0.29) is 18.0 Å². The Morgan fingerprint density at radius 2 is 2.00 bits per heavy atom. The molecule has 0 aliphatic heterocycles. The summed E-state index contributed by atoms with van der Waals surface area (Å²) in [4.78, 5) is 27.3. The summed E-state index contributed by atoms with van der Waals surface area (Å²) < 4.78 is 4.15. The van der Waals surface area contributed by atoms with Gasteiger partial charge in [0, 0.05) is 13.1 Å². The summed E-state index contributed by atoms with van der Waals surface area (Å²) >= 11 is 1.59. The molecule has 156 valence electrons. The number of rotatable bonds is 8. The third-order valence-electron chi connectivity index (χ3n) is 5.09. The molecule has 0 atom stereocenters. The minimum absolute atomic E-state index is 0.0745. The average Bonchev–Trinajstić information content (AvgIpc) is 3.31. The van der Waals surface area contributed by atoms with E-state index in [1.54, 1.807) is 11.3 Å². The molecular formula is C22H25N5O2S. The molecule has 1 aromatic carbocycles. The van der Waals surface area contributed by atoms with Crippen LogP contribution in [0.5, 0.6) is 0 Å². The Balaban J connectivity index is 1.31. The Morgan fingerprint density at radius 1 is 1.20 bits per heavy atom. The van der Waals surface area contributed by atoms with E-state index in [0.717, 1.165) is 29.7 Å². The molecule has 0 aliphatic carbocycles. The lowest BCUT2D eigenvalue weighted by Crippen LogP contribution is -2.36. The molecule has 3 heterocycles. The number of aryl methyl sites for hydroxylation is 1. The van der Waals surface area contributed by atoms with Crippen LogP contribution in [0.3, 0.4) is 0 Å². The van der Waals surface area contributed by atoms with E-state index in [2.05, 4.69) is 34.5 Å². The lowest BCUT2D eigenvalue weighted by Gasteiger charge is -2.16. The van der Waals surface area contributed by atoms with Crippen molar-refractivity contribution in [3.63, 3.8) is 0 Å². The zero-order valence-corrected chi connectivity index (χ0v) is 18.0. The minimum Gasteiger partial charge on any atom is -0.354 e. The molecule has 1 N–H and O–H groups in total. The van der Waals surface area contributed by atoms with Crippen molar-refractivity contribution in [1.82, 2.24) is 24.4 Å². The van der Waals surface area contributed by atoms with Gasteiger partial charge in [-0.1, -0.05) is 30.3 Å². The Labute approximate surface area is 178 Å². The van der Waals surface area contributed by atoms with E-state index in [1.807, 2.05) is 47.0 Å². The highest BCUT2D eigenvalue weighted by atomic mass is 32.1. The number of thiophene rings is 1. The standard InChI is InChI=1S/C22H25N5O2S/c1-16-24-26(22(29)19-13-20-18(27(16)19)9-12-30-20)15-21(28)23-10-6-11-25(2)14-17-7-4-3-5-8-17/h3-5,7-9,12-13H,6,10-11,14-15H2,1-2H3,(H,23,28). The van der Waals surface area contributed by atoms with Gasteiger partial charge in [-0.3, -0.25) is 14.0 Å². The molecule has 0 spiro atoms. The number of hydrogen-bond donors (Lipinski definition) is 1. The SMILES string of the molecule is Cc1nn(CC(=O)NCCCN(C)Cc2ccccc2)c(=O)c2cc3sccc3n12. The quantitative estimate of drug-likeness (QED) is 0.442. The van der Waals surface area contributed by atoms with Crippen LogP contribution >= 0.6 is 11.3 Å². The maximum Gasteiger partial charge on any atom is 0.291 e. The van der Waals surface area contributed by atoms with Crippen molar-refractivity contribution in [1.29, 1.82) is 0 Å². The maximum atomic E-state index is 12.8. The molecule has 0 saturated heterocycles. The first-order valence-corrected chi connectivity index (χ1v) is 10.9. The highest BCUT2D eigenvalue weighted by Crippen LogP contribution is 2.24. The number of amides is 1. The normalized spacial score (nSPS) is 11.6. The lowest BCUT2D eigenvalue weighted by molar-refractivity contribution is -0.121. The lowest BCUT2D eigenvalue weighted by atomic mass is 10.2. The van der Waals surface area contributed by atoms with E-state index >= 15 is 0 Å². The molecule has 3 aromatic heterocycles. The number of fused-ring (bicyclic) bond motifs is 3. The van der Waals surface area contributed by atoms with Gasteiger partial charge >= 0.3 is 0 Å². The number of carbonyl (C=O) groups is 1. The fraction of sp³-hybridized carbons (Fsp3) is 0.318. The van der Waals surface area contributed by atoms with Crippen molar-refractivity contribution < 1.29 is 4.79 Å². The van der Waals surface area contributed by atoms with Crippen LogP contribution in [0.15, 0.2) is 52.6 Å². The van der Waals surface area contributed by atoms with Crippen molar-refractivity contribution in [3.05, 3.63) is 69.6 Å². The monoisotopic (exact) mass is 423 g/mol. The van der Waals surface area contributed by atoms with Gasteiger partial charge in [0.25, 0.3) is 5.56 Å². The number of nitrogens with zero attached hydrogens (tertiary/aromatic N) is 4. The number of hydrogen-bond acceptors (Lipinski definition) is 5. The Bertz CT molecular complexity index is 1230. The first-order valence-electron chi connectivity index (χ1n) is 9.98. The second-order valence-electron chi connectivity index (χ2n) is 7.47. The number of carbonyl (C=O) groups excluding carboxylic acids is 1. The molecule has 0 saturated carbocycles. The molecule has 1 amide bonds. The van der Waals surface area contributed by atoms with Crippen molar-refractivity contribution in [3.8, 4) is 0 Å². The third kappa shape index (κ3) is 4.29. The van der Waals surface area contributed by atoms with Crippen LogP contribution in [0.25, 0.3) is 15.7 Å². The highest BCUT2D eigenvalue weighted by Gasteiger charge is 2.14. The molecule has 4 aromatic rings. The third-order valence-corrected chi connectivity index (χ3v) is 5.95. The Kier molecular flexibility index (Phi) is 5.96. The van der Waals surface area contributed by atoms with Gasteiger partial charge in [0.1, 0.15) is 17.9 Å². The van der Waals surface area contributed by atoms with Crippen LogP contribution in [-0.4, -0.2) is 45.1 Å². The van der Waals surface area contributed by atoms with Gasteiger partial charge in [-0.25, -0.2) is 4.68 Å². The van der Waals surface area contributed by atoms with E-state index in [9.17, 15) is 9.59 Å². The fourth-order valence-corrected chi connectivity index (χ4v) is 4.48. The fourth-order valence-electron chi connectivity index (χ4n) is 3.68. The number of aromatic nitrogens is 3. The predicted octanol–water partition coefficient (Wildman–Crippen LogP) is 2.66. The summed E-state index contributed by atoms with van der Waals surface area (Å²) in [5, 5.41) is 9.24. The first kappa shape index (κ1) is 20.3. The zero-order valence-electron chi connectivity index (χ0n) is 17.2. The molecule has 8 heteroatoms. The van der Waals surface area contributed by atoms with E-state index in [1.165, 1.54) is 10.2 Å². The number of benzene rings is 1. The van der Waals surface area contributed by atoms with Crippen LogP contribution < -0.4 is 10.9 Å². The second kappa shape index (κ2) is 8.81. The second-order valence-corrected chi connectivity index (χ2v) is 8.42. The van der Waals surface area contributed by atoms with Crippen molar-refractivity contribution in [2.45, 2.75) is 26.4 Å². The van der Waals surface area contributed by atoms with Gasteiger partial charge in [0.2, 0.25) is 5.91 Å². The molecule has 0 radical (unpaired) electrons. The van der Waals surface area contributed by atoms with Gasteiger partial charge in [-0.2, -0.15) is 5.10 Å². The van der Waals surface area contributed by atoms with Crippen LogP contribution in [0.4, 0.5) is 0 Å². The van der Waals surface area contributed by atoms with Gasteiger partial charge in [-0.15, -0.1) is 11.3 Å². The molecule has 0 bridgehead atoms. The smallest absolute Gasteiger partial charge is 0.291 e. The van der Waals surface area contributed by atoms with Crippen LogP contribution in [0.1, 0.15) is 17.8 Å². The van der Waals surface area contributed by atoms with Crippen molar-refractivity contribution in [2.75, 3.05) is 20.1 Å². The molecular weight excluding hydrogens is 398 g/mol. The maximum absolute atomic E-state index is 12.8. The summed E-state index contributed by atoms with van der Waals surface area (Å²) in [5.41, 5.74) is 2.56. The summed E-state index contributed by atoms with van der Waals surface area (Å²) in [6.07, 6.45) is 0.838. The Hall–Kier alpha value is -2.97. The molecule has 0 aliphatic rings. The number of nitrogens with one attached hydrogen (secondary N) is 1. The summed E-state index contributed by atoms with van der Waals surface area (Å²) in [6.45, 7) is 4.09. The summed E-state index contributed by atoms with van der Waals surface area (Å²) in [7, 11) is 2.07. The Morgan fingerprint density at radius 3 is 2.80 bits per heavy atom. The molecule has 30 heavy (non-hydrogen) atoms. The minimum atomic E-state index is -0.248. The van der Waals surface area contributed by atoms with Crippen LogP contribution in [-0.2, 0) is 17.9 Å². The summed E-state index contributed by atoms with van der Waals surface area (Å²) in [5.74, 6) is 0.487. The van der Waals surface area contributed by atoms with Gasteiger partial charge in [0.15, 0.2) is 0 Å². The highest BCUT2D eigenvalue weighted by molar-refractivity contribution is 7.17.